The Labute approximate surface area is 118 Å². The Bertz CT molecular complexity index is 273. The average molecular weight is 265 g/mol. The summed E-state index contributed by atoms with van der Waals surface area (Å²) in [4.78, 5) is 0. The van der Waals surface area contributed by atoms with Crippen LogP contribution in [0.3, 0.4) is 0 Å². The summed E-state index contributed by atoms with van der Waals surface area (Å²) in [7, 11) is 0. The van der Waals surface area contributed by atoms with Gasteiger partial charge in [0.1, 0.15) is 0 Å². The molecule has 0 aromatic rings. The van der Waals surface area contributed by atoms with E-state index in [4.69, 9.17) is 0 Å². The summed E-state index contributed by atoms with van der Waals surface area (Å²) < 4.78 is 0. The topological polar surface area (TPSA) is 0 Å². The van der Waals surface area contributed by atoms with E-state index < -0.39 is 0 Å². The van der Waals surface area contributed by atoms with Gasteiger partial charge in [0.2, 0.25) is 0 Å². The van der Waals surface area contributed by atoms with Crippen molar-refractivity contribution < 1.29 is 18.6 Å². The zero-order valence-corrected chi connectivity index (χ0v) is 12.4. The maximum atomic E-state index is 3.26. The molecule has 0 atom stereocenters. The van der Waals surface area contributed by atoms with Crippen molar-refractivity contribution in [1.29, 1.82) is 0 Å². The molecule has 0 spiro atoms. The SMILES string of the molecule is CCCC1=[C-]CC=C1.CCCC1=[C-]CC=C1.[V+2]. The van der Waals surface area contributed by atoms with E-state index in [1.54, 1.807) is 0 Å². The van der Waals surface area contributed by atoms with E-state index in [-0.39, 0.29) is 18.6 Å². The molecule has 2 aliphatic carbocycles. The molecule has 1 radical (unpaired) electrons. The molecule has 2 rings (SSSR count). The van der Waals surface area contributed by atoms with Crippen LogP contribution < -0.4 is 0 Å². The molecule has 0 amide bonds. The first-order valence-electron chi connectivity index (χ1n) is 6.39. The molecule has 0 nitrogen and oxygen atoms in total. The first-order chi connectivity index (χ1) is 7.86. The van der Waals surface area contributed by atoms with E-state index >= 15 is 0 Å². The number of allylic oxidation sites excluding steroid dienone is 8. The molecule has 0 bridgehead atoms. The van der Waals surface area contributed by atoms with Crippen molar-refractivity contribution in [2.24, 2.45) is 0 Å². The Hall–Kier alpha value is -0.456. The molecule has 0 saturated carbocycles. The van der Waals surface area contributed by atoms with Gasteiger partial charge in [0, 0.05) is 0 Å². The molecule has 0 saturated heterocycles. The number of rotatable bonds is 4. The van der Waals surface area contributed by atoms with Gasteiger partial charge in [-0.2, -0.15) is 12.2 Å². The van der Waals surface area contributed by atoms with E-state index in [2.05, 4.69) is 50.3 Å². The molecule has 0 aromatic carbocycles. The minimum absolute atomic E-state index is 0. The fourth-order valence-electron chi connectivity index (χ4n) is 1.78. The second-order valence-corrected chi connectivity index (χ2v) is 4.12. The van der Waals surface area contributed by atoms with Gasteiger partial charge in [0.15, 0.2) is 0 Å². The normalized spacial score (nSPS) is 15.9. The molecule has 0 heterocycles. The summed E-state index contributed by atoms with van der Waals surface area (Å²) >= 11 is 0. The molecular formula is C16H22V. The van der Waals surface area contributed by atoms with E-state index in [0.29, 0.717) is 0 Å². The maximum absolute atomic E-state index is 3.26. The van der Waals surface area contributed by atoms with Crippen LogP contribution in [0, 0.1) is 12.2 Å². The summed E-state index contributed by atoms with van der Waals surface area (Å²) in [6, 6.07) is 0. The smallest absolute Gasteiger partial charge is 0.269 e. The molecule has 0 aromatic heterocycles. The van der Waals surface area contributed by atoms with Gasteiger partial charge in [-0.05, 0) is 0 Å². The summed E-state index contributed by atoms with van der Waals surface area (Å²) in [6.45, 7) is 4.39. The van der Waals surface area contributed by atoms with Gasteiger partial charge in [-0.1, -0.05) is 39.5 Å². The molecule has 0 fully saturated rings. The maximum Gasteiger partial charge on any atom is 2.00 e. The zero-order valence-electron chi connectivity index (χ0n) is 11.0. The minimum Gasteiger partial charge on any atom is -0.269 e. The van der Waals surface area contributed by atoms with Gasteiger partial charge in [0.05, 0.1) is 0 Å². The van der Waals surface area contributed by atoms with Crippen LogP contribution >= 0.6 is 0 Å². The Morgan fingerprint density at radius 3 is 1.53 bits per heavy atom. The Balaban J connectivity index is 0.000000284. The van der Waals surface area contributed by atoms with Crippen molar-refractivity contribution in [2.45, 2.75) is 52.4 Å². The van der Waals surface area contributed by atoms with Crippen molar-refractivity contribution in [3.63, 3.8) is 0 Å². The van der Waals surface area contributed by atoms with Crippen molar-refractivity contribution >= 4 is 0 Å². The third kappa shape index (κ3) is 7.47. The van der Waals surface area contributed by atoms with Crippen LogP contribution in [0.25, 0.3) is 0 Å². The molecule has 1 heteroatoms. The van der Waals surface area contributed by atoms with Gasteiger partial charge in [-0.15, -0.1) is 12.8 Å². The average Bonchev–Trinajstić information content (AvgIpc) is 2.92. The van der Waals surface area contributed by atoms with Crippen LogP contribution in [-0.2, 0) is 18.6 Å². The van der Waals surface area contributed by atoms with Crippen LogP contribution in [0.1, 0.15) is 52.4 Å². The summed E-state index contributed by atoms with van der Waals surface area (Å²) in [5, 5.41) is 0. The second kappa shape index (κ2) is 10.7. The van der Waals surface area contributed by atoms with Crippen LogP contribution in [0.15, 0.2) is 35.5 Å². The summed E-state index contributed by atoms with van der Waals surface area (Å²) in [5.41, 5.74) is 2.79. The second-order valence-electron chi connectivity index (χ2n) is 4.12. The standard InChI is InChI=1S/2C8H11.V/c2*1-2-5-8-6-3-4-7-8;/h2*3,6H,2,4-5H2,1H3;/q2*-1;+2. The Morgan fingerprint density at radius 1 is 0.882 bits per heavy atom. The van der Waals surface area contributed by atoms with Crippen molar-refractivity contribution in [3.05, 3.63) is 47.6 Å². The van der Waals surface area contributed by atoms with Gasteiger partial charge in [0.25, 0.3) is 0 Å². The summed E-state index contributed by atoms with van der Waals surface area (Å²) in [5.74, 6) is 0. The number of hydrogen-bond donors (Lipinski definition) is 0. The fraction of sp³-hybridized carbons (Fsp3) is 0.500. The molecule has 0 aliphatic heterocycles. The van der Waals surface area contributed by atoms with Crippen LogP contribution in [0.2, 0.25) is 0 Å². The molecule has 17 heavy (non-hydrogen) atoms. The van der Waals surface area contributed by atoms with Gasteiger partial charge >= 0.3 is 18.6 Å². The minimum atomic E-state index is 0. The molecule has 91 valence electrons. The summed E-state index contributed by atoms with van der Waals surface area (Å²) in [6.07, 6.45) is 22.2. The molecule has 2 aliphatic rings. The van der Waals surface area contributed by atoms with E-state index in [9.17, 15) is 0 Å². The van der Waals surface area contributed by atoms with Crippen molar-refractivity contribution in [2.75, 3.05) is 0 Å². The first-order valence-corrected chi connectivity index (χ1v) is 6.39. The van der Waals surface area contributed by atoms with E-state index in [0.717, 1.165) is 12.8 Å². The van der Waals surface area contributed by atoms with Crippen LogP contribution in [0.4, 0.5) is 0 Å². The van der Waals surface area contributed by atoms with E-state index in [1.165, 1.54) is 36.8 Å². The largest absolute Gasteiger partial charge is 2.00 e. The third-order valence-electron chi connectivity index (χ3n) is 2.57. The quantitative estimate of drug-likeness (QED) is 0.631. The number of hydrogen-bond acceptors (Lipinski definition) is 0. The third-order valence-corrected chi connectivity index (χ3v) is 2.57. The molecule has 0 N–H and O–H groups in total. The van der Waals surface area contributed by atoms with Crippen molar-refractivity contribution in [1.82, 2.24) is 0 Å². The van der Waals surface area contributed by atoms with Gasteiger partial charge < -0.3 is 0 Å². The predicted molar refractivity (Wildman–Crippen MR) is 70.8 cm³/mol. The van der Waals surface area contributed by atoms with Gasteiger partial charge in [-0.25, -0.2) is 23.3 Å². The molecular weight excluding hydrogens is 243 g/mol. The fourth-order valence-corrected chi connectivity index (χ4v) is 1.78. The first kappa shape index (κ1) is 16.5. The van der Waals surface area contributed by atoms with E-state index in [1.807, 2.05) is 0 Å². The Morgan fingerprint density at radius 2 is 1.29 bits per heavy atom. The van der Waals surface area contributed by atoms with Gasteiger partial charge in [-0.3, -0.25) is 12.2 Å². The Kier molecular flexibility index (Phi) is 10.4. The predicted octanol–water partition coefficient (Wildman–Crippen LogP) is 4.95. The van der Waals surface area contributed by atoms with Crippen LogP contribution in [-0.4, -0.2) is 0 Å². The monoisotopic (exact) mass is 265 g/mol. The van der Waals surface area contributed by atoms with Crippen molar-refractivity contribution in [3.8, 4) is 0 Å². The van der Waals surface area contributed by atoms with Crippen LogP contribution in [0.5, 0.6) is 0 Å². The zero-order chi connectivity index (χ0) is 11.6. The molecule has 0 unspecified atom stereocenters.